The number of ether oxygens (including phenoxy) is 1. The third-order valence-corrected chi connectivity index (χ3v) is 6.70. The monoisotopic (exact) mass is 489 g/mol. The van der Waals surface area contributed by atoms with Gasteiger partial charge in [0.25, 0.3) is 5.91 Å². The molecule has 3 amide bonds. The van der Waals surface area contributed by atoms with Gasteiger partial charge < -0.3 is 4.74 Å². The predicted molar refractivity (Wildman–Crippen MR) is 133 cm³/mol. The molecule has 0 unspecified atom stereocenters. The van der Waals surface area contributed by atoms with Crippen molar-refractivity contribution in [3.63, 3.8) is 0 Å². The Morgan fingerprint density at radius 2 is 1.91 bits per heavy atom. The number of thiazole rings is 1. The lowest BCUT2D eigenvalue weighted by Gasteiger charge is -2.21. The van der Waals surface area contributed by atoms with E-state index in [1.165, 1.54) is 11.3 Å². The van der Waals surface area contributed by atoms with Crippen molar-refractivity contribution in [2.24, 2.45) is 0 Å². The van der Waals surface area contributed by atoms with E-state index < -0.39 is 0 Å². The van der Waals surface area contributed by atoms with Crippen LogP contribution in [0, 0.1) is 0 Å². The summed E-state index contributed by atoms with van der Waals surface area (Å²) in [5, 5.41) is 4.77. The molecule has 1 saturated heterocycles. The minimum atomic E-state index is -0.282. The van der Waals surface area contributed by atoms with Crippen molar-refractivity contribution in [2.45, 2.75) is 26.3 Å². The number of fused-ring (bicyclic) bond motifs is 1. The van der Waals surface area contributed by atoms with Crippen molar-refractivity contribution >= 4 is 50.1 Å². The second kappa shape index (κ2) is 9.67. The summed E-state index contributed by atoms with van der Waals surface area (Å²) in [6.07, 6.45) is 3.88. The molecule has 1 fully saturated rings. The van der Waals surface area contributed by atoms with Gasteiger partial charge in [-0.05, 0) is 43.3 Å². The molecule has 1 aliphatic heterocycles. The summed E-state index contributed by atoms with van der Waals surface area (Å²) >= 11 is 1.40. The second-order valence-corrected chi connectivity index (χ2v) is 8.94. The Labute approximate surface area is 205 Å². The Morgan fingerprint density at radius 3 is 2.66 bits per heavy atom. The third kappa shape index (κ3) is 4.52. The number of hydrogen-bond acceptors (Lipinski definition) is 7. The molecule has 1 aliphatic rings. The van der Waals surface area contributed by atoms with E-state index in [4.69, 9.17) is 9.72 Å². The lowest BCUT2D eigenvalue weighted by Crippen LogP contribution is -2.34. The van der Waals surface area contributed by atoms with Gasteiger partial charge in [-0.3, -0.25) is 28.9 Å². The molecule has 4 aromatic rings. The van der Waals surface area contributed by atoms with Crippen molar-refractivity contribution in [3.05, 3.63) is 66.5 Å². The molecule has 178 valence electrons. The van der Waals surface area contributed by atoms with Crippen molar-refractivity contribution in [3.8, 4) is 5.75 Å². The molecular weight excluding hydrogens is 466 g/mol. The number of nitrogens with zero attached hydrogens (tertiary/aromatic N) is 5. The molecule has 0 atom stereocenters. The average molecular weight is 490 g/mol. The van der Waals surface area contributed by atoms with E-state index in [1.54, 1.807) is 40.0 Å². The van der Waals surface area contributed by atoms with Crippen LogP contribution < -0.4 is 14.5 Å². The van der Waals surface area contributed by atoms with Crippen molar-refractivity contribution in [1.82, 2.24) is 14.8 Å². The minimum absolute atomic E-state index is 0.181. The fourth-order valence-electron chi connectivity index (χ4n) is 4.02. The first-order valence-electron chi connectivity index (χ1n) is 11.3. The quantitative estimate of drug-likeness (QED) is 0.348. The fraction of sp³-hybridized carbons (Fsp3) is 0.240. The zero-order valence-electron chi connectivity index (χ0n) is 19.1. The van der Waals surface area contributed by atoms with Crippen LogP contribution in [-0.2, 0) is 16.1 Å². The number of anilines is 2. The van der Waals surface area contributed by atoms with Crippen LogP contribution in [0.5, 0.6) is 5.75 Å². The molecular formula is C25H23N5O4S. The highest BCUT2D eigenvalue weighted by Crippen LogP contribution is 2.35. The summed E-state index contributed by atoms with van der Waals surface area (Å²) < 4.78 is 8.38. The molecule has 0 N–H and O–H groups in total. The van der Waals surface area contributed by atoms with E-state index in [-0.39, 0.29) is 30.6 Å². The number of rotatable bonds is 8. The lowest BCUT2D eigenvalue weighted by atomic mass is 10.1. The van der Waals surface area contributed by atoms with E-state index >= 15 is 0 Å². The number of carbonyl (C=O) groups excluding carboxylic acids is 3. The number of amides is 3. The largest absolute Gasteiger partial charge is 0.492 e. The number of imide groups is 1. The van der Waals surface area contributed by atoms with Crippen LogP contribution in [0.1, 0.15) is 30.1 Å². The van der Waals surface area contributed by atoms with Gasteiger partial charge in [0.15, 0.2) is 5.13 Å². The summed E-state index contributed by atoms with van der Waals surface area (Å²) in [6, 6.07) is 14.1. The Balaban J connectivity index is 1.51. The number of aromatic nitrogens is 3. The minimum Gasteiger partial charge on any atom is -0.492 e. The topological polar surface area (TPSA) is 97.6 Å². The fourth-order valence-corrected chi connectivity index (χ4v) is 5.02. The molecule has 9 nitrogen and oxygen atoms in total. The molecule has 0 bridgehead atoms. The molecule has 2 aromatic heterocycles. The van der Waals surface area contributed by atoms with Gasteiger partial charge in [-0.1, -0.05) is 23.5 Å². The Bertz CT molecular complexity index is 1380. The summed E-state index contributed by atoms with van der Waals surface area (Å²) in [5.74, 6) is -0.135. The molecule has 3 heterocycles. The van der Waals surface area contributed by atoms with Gasteiger partial charge in [-0.25, -0.2) is 4.98 Å². The van der Waals surface area contributed by atoms with Crippen LogP contribution in [0.15, 0.2) is 60.9 Å². The molecule has 2 aromatic carbocycles. The number of carbonyl (C=O) groups is 3. The smallest absolute Gasteiger partial charge is 0.260 e. The van der Waals surface area contributed by atoms with Gasteiger partial charge in [0, 0.05) is 37.3 Å². The Kier molecular flexibility index (Phi) is 6.28. The van der Waals surface area contributed by atoms with Crippen molar-refractivity contribution in [1.29, 1.82) is 0 Å². The van der Waals surface area contributed by atoms with Crippen LogP contribution in [0.25, 0.3) is 10.2 Å². The van der Waals surface area contributed by atoms with Crippen molar-refractivity contribution < 1.29 is 19.1 Å². The molecule has 0 spiro atoms. The first-order chi connectivity index (χ1) is 17.0. The molecule has 0 aliphatic carbocycles. The molecule has 35 heavy (non-hydrogen) atoms. The van der Waals surface area contributed by atoms with E-state index in [0.717, 1.165) is 9.60 Å². The van der Waals surface area contributed by atoms with E-state index in [2.05, 4.69) is 5.10 Å². The second-order valence-electron chi connectivity index (χ2n) is 7.93. The third-order valence-electron chi connectivity index (χ3n) is 5.66. The predicted octanol–water partition coefficient (Wildman–Crippen LogP) is 3.89. The molecule has 0 saturated carbocycles. The molecule has 10 heteroatoms. The van der Waals surface area contributed by atoms with Gasteiger partial charge in [0.05, 0.1) is 23.5 Å². The van der Waals surface area contributed by atoms with Crippen molar-refractivity contribution in [2.75, 3.05) is 23.0 Å². The lowest BCUT2D eigenvalue weighted by molar-refractivity contribution is -0.121. The number of hydrogen-bond donors (Lipinski definition) is 0. The van der Waals surface area contributed by atoms with Gasteiger partial charge in [0.2, 0.25) is 11.8 Å². The van der Waals surface area contributed by atoms with Gasteiger partial charge >= 0.3 is 0 Å². The van der Waals surface area contributed by atoms with E-state index in [1.807, 2.05) is 37.4 Å². The van der Waals surface area contributed by atoms with E-state index in [9.17, 15) is 14.4 Å². The summed E-state index contributed by atoms with van der Waals surface area (Å²) in [4.78, 5) is 45.7. The van der Waals surface area contributed by atoms with Gasteiger partial charge in [0.1, 0.15) is 11.3 Å². The summed E-state index contributed by atoms with van der Waals surface area (Å²) in [7, 11) is 0. The maximum Gasteiger partial charge on any atom is 0.260 e. The van der Waals surface area contributed by atoms with Crippen LogP contribution in [0.3, 0.4) is 0 Å². The number of benzene rings is 2. The van der Waals surface area contributed by atoms with Crippen LogP contribution in [0.2, 0.25) is 0 Å². The van der Waals surface area contributed by atoms with Gasteiger partial charge in [-0.2, -0.15) is 5.10 Å². The number of para-hydroxylation sites is 1. The summed E-state index contributed by atoms with van der Waals surface area (Å²) in [6.45, 7) is 3.22. The Morgan fingerprint density at radius 1 is 1.11 bits per heavy atom. The SMILES string of the molecule is CCOc1cccc2sc(N(CCn3cccn3)C(=O)c3cccc(N4C(=O)CCC4=O)c3)nc12. The highest BCUT2D eigenvalue weighted by atomic mass is 32.1. The zero-order valence-corrected chi connectivity index (χ0v) is 19.9. The normalized spacial score (nSPS) is 13.6. The van der Waals surface area contributed by atoms with Crippen LogP contribution in [-0.4, -0.2) is 45.6 Å². The highest BCUT2D eigenvalue weighted by Gasteiger charge is 2.31. The van der Waals surface area contributed by atoms with Crippen LogP contribution in [0.4, 0.5) is 10.8 Å². The highest BCUT2D eigenvalue weighted by molar-refractivity contribution is 7.22. The first kappa shape index (κ1) is 22.7. The standard InChI is InChI=1S/C25H23N5O4S/c1-2-34-19-8-4-9-20-23(19)27-25(35-20)29(15-14-28-13-5-12-26-28)24(33)17-6-3-7-18(16-17)30-21(31)10-11-22(30)32/h3-9,12-13,16H,2,10-11,14-15H2,1H3. The Hall–Kier alpha value is -4.05. The van der Waals surface area contributed by atoms with Crippen LogP contribution >= 0.6 is 11.3 Å². The molecule has 5 rings (SSSR count). The maximum atomic E-state index is 13.8. The maximum absolute atomic E-state index is 13.8. The van der Waals surface area contributed by atoms with Gasteiger partial charge in [-0.15, -0.1) is 0 Å². The zero-order chi connectivity index (χ0) is 24.4. The van der Waals surface area contributed by atoms with E-state index in [0.29, 0.717) is 47.3 Å². The summed E-state index contributed by atoms with van der Waals surface area (Å²) in [5.41, 5.74) is 1.46. The average Bonchev–Trinajstić information content (AvgIpc) is 3.60. The first-order valence-corrected chi connectivity index (χ1v) is 12.1. The molecule has 0 radical (unpaired) electrons.